The van der Waals surface area contributed by atoms with Crippen LogP contribution in [-0.4, -0.2) is 46.3 Å². The first-order chi connectivity index (χ1) is 14.2. The molecule has 1 aromatic carbocycles. The molecule has 1 fully saturated rings. The molecule has 0 saturated carbocycles. The van der Waals surface area contributed by atoms with E-state index >= 15 is 0 Å². The lowest BCUT2D eigenvalue weighted by atomic mass is 10.0. The Kier molecular flexibility index (Phi) is 6.42. The van der Waals surface area contributed by atoms with E-state index < -0.39 is 0 Å². The van der Waals surface area contributed by atoms with Crippen LogP contribution < -0.4 is 5.32 Å². The van der Waals surface area contributed by atoms with E-state index in [4.69, 9.17) is 5.10 Å². The van der Waals surface area contributed by atoms with Crippen LogP contribution in [0.2, 0.25) is 0 Å². The number of hydrogen-bond acceptors (Lipinski definition) is 4. The van der Waals surface area contributed by atoms with Gasteiger partial charge >= 0.3 is 0 Å². The Morgan fingerprint density at radius 1 is 1.21 bits per heavy atom. The highest BCUT2D eigenvalue weighted by molar-refractivity contribution is 7.13. The summed E-state index contributed by atoms with van der Waals surface area (Å²) in [6.07, 6.45) is 4.88. The van der Waals surface area contributed by atoms with E-state index in [-0.39, 0.29) is 5.91 Å². The third-order valence-corrected chi connectivity index (χ3v) is 6.46. The topological polar surface area (TPSA) is 50.2 Å². The van der Waals surface area contributed by atoms with E-state index in [1.807, 2.05) is 53.9 Å². The first-order valence-corrected chi connectivity index (χ1v) is 11.3. The number of nitrogens with one attached hydrogen (secondary N) is 1. The smallest absolute Gasteiger partial charge is 0.270 e. The number of piperidine rings is 1. The summed E-state index contributed by atoms with van der Waals surface area (Å²) in [5.41, 5.74) is 2.30. The van der Waals surface area contributed by atoms with Gasteiger partial charge in [-0.25, -0.2) is 4.68 Å². The maximum absolute atomic E-state index is 13.0. The highest BCUT2D eigenvalue weighted by Gasteiger charge is 2.19. The maximum Gasteiger partial charge on any atom is 0.270 e. The lowest BCUT2D eigenvalue weighted by Crippen LogP contribution is -2.39. The van der Waals surface area contributed by atoms with Crippen molar-refractivity contribution in [3.8, 4) is 16.3 Å². The van der Waals surface area contributed by atoms with E-state index in [0.29, 0.717) is 18.3 Å². The number of carbonyl (C=O) groups excluding carboxylic acids is 1. The van der Waals surface area contributed by atoms with Crippen LogP contribution >= 0.6 is 11.3 Å². The Labute approximate surface area is 176 Å². The lowest BCUT2D eigenvalue weighted by Gasteiger charge is -2.33. The van der Waals surface area contributed by atoms with Gasteiger partial charge in [-0.1, -0.05) is 30.7 Å². The van der Waals surface area contributed by atoms with Gasteiger partial charge in [-0.3, -0.25) is 4.79 Å². The van der Waals surface area contributed by atoms with E-state index in [9.17, 15) is 4.79 Å². The zero-order valence-corrected chi connectivity index (χ0v) is 17.7. The Balaban J connectivity index is 1.44. The van der Waals surface area contributed by atoms with Crippen LogP contribution in [0.3, 0.4) is 0 Å². The monoisotopic (exact) mass is 408 g/mol. The molecule has 152 valence electrons. The molecule has 3 aromatic rings. The summed E-state index contributed by atoms with van der Waals surface area (Å²) >= 11 is 1.63. The number of hydrogen-bond donors (Lipinski definition) is 1. The minimum atomic E-state index is -0.0733. The fourth-order valence-corrected chi connectivity index (χ4v) is 4.60. The number of carbonyl (C=O) groups is 1. The highest BCUT2D eigenvalue weighted by Crippen LogP contribution is 2.25. The van der Waals surface area contributed by atoms with Gasteiger partial charge < -0.3 is 10.2 Å². The minimum absolute atomic E-state index is 0.0733. The standard InChI is InChI=1S/C23H28N4OS/c1-18-9-5-6-14-26(18)15-8-13-24-23(28)21-17-20(22-12-7-16-29-22)25-27(21)19-10-3-2-4-11-19/h2-4,7,10-12,16-18H,5-6,8-9,13-15H2,1H3,(H,24,28). The maximum atomic E-state index is 13.0. The summed E-state index contributed by atoms with van der Waals surface area (Å²) in [5.74, 6) is -0.0733. The Morgan fingerprint density at radius 2 is 2.07 bits per heavy atom. The second-order valence-corrected chi connectivity index (χ2v) is 8.58. The molecule has 0 spiro atoms. The number of thiophene rings is 1. The first-order valence-electron chi connectivity index (χ1n) is 10.4. The molecule has 5 nitrogen and oxygen atoms in total. The van der Waals surface area contributed by atoms with Gasteiger partial charge in [0.05, 0.1) is 10.6 Å². The third-order valence-electron chi connectivity index (χ3n) is 5.56. The third kappa shape index (κ3) is 4.77. The fraction of sp³-hybridized carbons (Fsp3) is 0.391. The van der Waals surface area contributed by atoms with Crippen molar-refractivity contribution in [1.82, 2.24) is 20.0 Å². The van der Waals surface area contributed by atoms with E-state index in [2.05, 4.69) is 17.1 Å². The molecule has 2 aromatic heterocycles. The zero-order chi connectivity index (χ0) is 20.1. The number of aromatic nitrogens is 2. The van der Waals surface area contributed by atoms with Crippen LogP contribution in [-0.2, 0) is 0 Å². The average Bonchev–Trinajstić information content (AvgIpc) is 3.43. The molecule has 1 aliphatic rings. The Morgan fingerprint density at radius 3 is 2.83 bits per heavy atom. The van der Waals surface area contributed by atoms with Gasteiger partial charge in [0.15, 0.2) is 0 Å². The van der Waals surface area contributed by atoms with Gasteiger partial charge in [-0.2, -0.15) is 5.10 Å². The molecule has 6 heteroatoms. The first kappa shape index (κ1) is 19.9. The van der Waals surface area contributed by atoms with Crippen molar-refractivity contribution < 1.29 is 4.79 Å². The van der Waals surface area contributed by atoms with E-state index in [1.165, 1.54) is 25.8 Å². The summed E-state index contributed by atoms with van der Waals surface area (Å²) in [5, 5.41) is 9.84. The minimum Gasteiger partial charge on any atom is -0.351 e. The van der Waals surface area contributed by atoms with Crippen molar-refractivity contribution in [3.63, 3.8) is 0 Å². The van der Waals surface area contributed by atoms with Crippen molar-refractivity contribution in [2.24, 2.45) is 0 Å². The van der Waals surface area contributed by atoms with Gasteiger partial charge in [0, 0.05) is 19.1 Å². The van der Waals surface area contributed by atoms with Crippen LogP contribution in [0.25, 0.3) is 16.3 Å². The fourth-order valence-electron chi connectivity index (χ4n) is 3.92. The largest absolute Gasteiger partial charge is 0.351 e. The number of likely N-dealkylation sites (tertiary alicyclic amines) is 1. The van der Waals surface area contributed by atoms with Crippen molar-refractivity contribution >= 4 is 17.2 Å². The number of benzene rings is 1. The van der Waals surface area contributed by atoms with Crippen LogP contribution in [0.1, 0.15) is 43.1 Å². The summed E-state index contributed by atoms with van der Waals surface area (Å²) < 4.78 is 1.75. The van der Waals surface area contributed by atoms with Gasteiger partial charge in [0.1, 0.15) is 11.4 Å². The molecule has 4 rings (SSSR count). The second-order valence-electron chi connectivity index (χ2n) is 7.63. The normalized spacial score (nSPS) is 17.3. The van der Waals surface area contributed by atoms with Gasteiger partial charge in [-0.15, -0.1) is 11.3 Å². The molecular weight excluding hydrogens is 380 g/mol. The number of nitrogens with zero attached hydrogens (tertiary/aromatic N) is 3. The summed E-state index contributed by atoms with van der Waals surface area (Å²) in [6.45, 7) is 5.21. The van der Waals surface area contributed by atoms with Crippen LogP contribution in [0, 0.1) is 0 Å². The average molecular weight is 409 g/mol. The predicted octanol–water partition coefficient (Wildman–Crippen LogP) is 4.60. The molecular formula is C23H28N4OS. The number of amides is 1. The van der Waals surface area contributed by atoms with Crippen LogP contribution in [0.15, 0.2) is 53.9 Å². The molecule has 1 N–H and O–H groups in total. The van der Waals surface area contributed by atoms with Crippen molar-refractivity contribution in [1.29, 1.82) is 0 Å². The zero-order valence-electron chi connectivity index (χ0n) is 16.9. The molecule has 0 aliphatic carbocycles. The van der Waals surface area contributed by atoms with Gasteiger partial charge in [0.25, 0.3) is 5.91 Å². The molecule has 1 aliphatic heterocycles. The molecule has 29 heavy (non-hydrogen) atoms. The molecule has 1 saturated heterocycles. The van der Waals surface area contributed by atoms with Gasteiger partial charge in [-0.05, 0) is 62.4 Å². The SMILES string of the molecule is CC1CCCCN1CCCNC(=O)c1cc(-c2cccs2)nn1-c1ccccc1. The molecule has 0 bridgehead atoms. The van der Waals surface area contributed by atoms with Gasteiger partial charge in [0.2, 0.25) is 0 Å². The Bertz CT molecular complexity index is 920. The summed E-state index contributed by atoms with van der Waals surface area (Å²) in [4.78, 5) is 16.6. The predicted molar refractivity (Wildman–Crippen MR) is 119 cm³/mol. The quantitative estimate of drug-likeness (QED) is 0.582. The lowest BCUT2D eigenvalue weighted by molar-refractivity contribution is 0.0941. The van der Waals surface area contributed by atoms with Crippen LogP contribution in [0.4, 0.5) is 0 Å². The molecule has 1 unspecified atom stereocenters. The highest BCUT2D eigenvalue weighted by atomic mass is 32.1. The van der Waals surface area contributed by atoms with E-state index in [0.717, 1.165) is 29.2 Å². The van der Waals surface area contributed by atoms with Crippen molar-refractivity contribution in [3.05, 3.63) is 59.6 Å². The number of para-hydroxylation sites is 1. The molecule has 0 radical (unpaired) electrons. The number of rotatable bonds is 7. The van der Waals surface area contributed by atoms with Crippen molar-refractivity contribution in [2.45, 2.75) is 38.6 Å². The molecule has 1 atom stereocenters. The van der Waals surface area contributed by atoms with E-state index in [1.54, 1.807) is 16.0 Å². The molecule has 1 amide bonds. The molecule has 3 heterocycles. The second kappa shape index (κ2) is 9.37. The van der Waals surface area contributed by atoms with Crippen LogP contribution in [0.5, 0.6) is 0 Å². The summed E-state index contributed by atoms with van der Waals surface area (Å²) in [7, 11) is 0. The summed E-state index contributed by atoms with van der Waals surface area (Å²) in [6, 6.07) is 16.4. The van der Waals surface area contributed by atoms with Crippen molar-refractivity contribution in [2.75, 3.05) is 19.6 Å². The Hall–Kier alpha value is -2.44.